The number of benzene rings is 1. The first-order valence-electron chi connectivity index (χ1n) is 9.81. The zero-order chi connectivity index (χ0) is 22.7. The number of nitrogens with zero attached hydrogens (tertiary/aromatic N) is 2. The maximum absolute atomic E-state index is 13.5. The summed E-state index contributed by atoms with van der Waals surface area (Å²) in [6, 6.07) is 5.87. The molecule has 2 rings (SSSR count). The number of ketones is 1. The summed E-state index contributed by atoms with van der Waals surface area (Å²) in [6.45, 7) is 8.97. The fourth-order valence-corrected chi connectivity index (χ4v) is 3.80. The molecule has 0 saturated carbocycles. The molecule has 7 nitrogen and oxygen atoms in total. The number of aromatic nitrogens is 1. The predicted molar refractivity (Wildman–Crippen MR) is 114 cm³/mol. The van der Waals surface area contributed by atoms with Crippen LogP contribution in [0, 0.1) is 13.8 Å². The van der Waals surface area contributed by atoms with Crippen LogP contribution in [0.5, 0.6) is 5.75 Å². The van der Waals surface area contributed by atoms with Gasteiger partial charge in [0, 0.05) is 29.9 Å². The molecule has 162 valence electrons. The Bertz CT molecular complexity index is 957. The first kappa shape index (κ1) is 23.2. The minimum absolute atomic E-state index is 0.206. The molecule has 0 radical (unpaired) electrons. The molecule has 0 bridgehead atoms. The number of carbonyl (C=O) groups is 3. The highest BCUT2D eigenvalue weighted by molar-refractivity contribution is 6.07. The van der Waals surface area contributed by atoms with Gasteiger partial charge in [0.15, 0.2) is 5.78 Å². The second kappa shape index (κ2) is 9.15. The van der Waals surface area contributed by atoms with Crippen molar-refractivity contribution in [2.45, 2.75) is 46.7 Å². The van der Waals surface area contributed by atoms with Crippen molar-refractivity contribution in [1.29, 1.82) is 0 Å². The van der Waals surface area contributed by atoms with Crippen LogP contribution in [0.1, 0.15) is 63.2 Å². The highest BCUT2D eigenvalue weighted by Crippen LogP contribution is 2.26. The van der Waals surface area contributed by atoms with Gasteiger partial charge in [-0.1, -0.05) is 0 Å². The van der Waals surface area contributed by atoms with Gasteiger partial charge in [-0.15, -0.1) is 0 Å². The summed E-state index contributed by atoms with van der Waals surface area (Å²) >= 11 is 0. The average Bonchev–Trinajstić information content (AvgIpc) is 2.95. The van der Waals surface area contributed by atoms with E-state index in [1.165, 1.54) is 7.11 Å². The van der Waals surface area contributed by atoms with E-state index in [0.29, 0.717) is 33.8 Å². The standard InChI is InChI=1S/C23H30N2O5/c1-13(2)25(22(27)17-9-11-18(29-7)12-10-17)16(5)21(26)19-14(3)20(23(28)30-8)24(6)15(19)4/h9-13,16H,1-8H3. The van der Waals surface area contributed by atoms with Gasteiger partial charge in [0.1, 0.15) is 11.4 Å². The number of esters is 1. The van der Waals surface area contributed by atoms with Crippen LogP contribution in [-0.4, -0.2) is 53.4 Å². The molecular formula is C23H30N2O5. The molecule has 1 amide bonds. The number of ether oxygens (including phenoxy) is 2. The van der Waals surface area contributed by atoms with Crippen molar-refractivity contribution in [3.63, 3.8) is 0 Å². The zero-order valence-corrected chi connectivity index (χ0v) is 18.9. The van der Waals surface area contributed by atoms with Crippen LogP contribution in [-0.2, 0) is 11.8 Å². The molecular weight excluding hydrogens is 384 g/mol. The third kappa shape index (κ3) is 4.10. The van der Waals surface area contributed by atoms with E-state index in [-0.39, 0.29) is 17.7 Å². The molecule has 0 fully saturated rings. The van der Waals surface area contributed by atoms with Gasteiger partial charge in [0.05, 0.1) is 20.3 Å². The van der Waals surface area contributed by atoms with Crippen LogP contribution in [0.3, 0.4) is 0 Å². The Morgan fingerprint density at radius 1 is 1.00 bits per heavy atom. The van der Waals surface area contributed by atoms with E-state index in [4.69, 9.17) is 9.47 Å². The normalized spacial score (nSPS) is 11.9. The largest absolute Gasteiger partial charge is 0.497 e. The molecule has 0 aliphatic rings. The van der Waals surface area contributed by atoms with Gasteiger partial charge in [-0.25, -0.2) is 4.79 Å². The minimum atomic E-state index is -0.718. The lowest BCUT2D eigenvalue weighted by Gasteiger charge is -2.32. The fraction of sp³-hybridized carbons (Fsp3) is 0.435. The third-order valence-electron chi connectivity index (χ3n) is 5.48. The molecule has 0 aliphatic carbocycles. The number of hydrogen-bond acceptors (Lipinski definition) is 5. The Hall–Kier alpha value is -3.09. The molecule has 1 heterocycles. The van der Waals surface area contributed by atoms with Crippen molar-refractivity contribution in [3.05, 3.63) is 52.3 Å². The van der Waals surface area contributed by atoms with Gasteiger partial charge < -0.3 is 18.9 Å². The minimum Gasteiger partial charge on any atom is -0.497 e. The Balaban J connectivity index is 2.45. The van der Waals surface area contributed by atoms with Crippen molar-refractivity contribution in [2.75, 3.05) is 14.2 Å². The number of rotatable bonds is 7. The lowest BCUT2D eigenvalue weighted by Crippen LogP contribution is -2.47. The summed E-state index contributed by atoms with van der Waals surface area (Å²) < 4.78 is 11.7. The monoisotopic (exact) mass is 414 g/mol. The maximum atomic E-state index is 13.5. The highest BCUT2D eigenvalue weighted by atomic mass is 16.5. The quantitative estimate of drug-likeness (QED) is 0.511. The molecule has 1 aromatic heterocycles. The topological polar surface area (TPSA) is 77.8 Å². The molecule has 1 atom stereocenters. The molecule has 30 heavy (non-hydrogen) atoms. The van der Waals surface area contributed by atoms with Crippen molar-refractivity contribution in [1.82, 2.24) is 9.47 Å². The summed E-state index contributed by atoms with van der Waals surface area (Å²) in [5, 5.41) is 0. The smallest absolute Gasteiger partial charge is 0.354 e. The summed E-state index contributed by atoms with van der Waals surface area (Å²) in [4.78, 5) is 40.4. The van der Waals surface area contributed by atoms with E-state index < -0.39 is 12.0 Å². The van der Waals surface area contributed by atoms with Crippen LogP contribution in [0.25, 0.3) is 0 Å². The number of hydrogen-bond donors (Lipinski definition) is 0. The Labute approximate surface area is 177 Å². The summed E-state index contributed by atoms with van der Waals surface area (Å²) in [6.07, 6.45) is 0. The van der Waals surface area contributed by atoms with E-state index in [9.17, 15) is 14.4 Å². The highest BCUT2D eigenvalue weighted by Gasteiger charge is 2.34. The fourth-order valence-electron chi connectivity index (χ4n) is 3.80. The summed E-state index contributed by atoms with van der Waals surface area (Å²) in [5.41, 5.74) is 2.47. The van der Waals surface area contributed by atoms with E-state index in [2.05, 4.69) is 0 Å². The molecule has 2 aromatic rings. The van der Waals surface area contributed by atoms with Crippen LogP contribution < -0.4 is 4.74 Å². The second-order valence-corrected chi connectivity index (χ2v) is 7.56. The van der Waals surface area contributed by atoms with E-state index in [0.717, 1.165) is 0 Å². The summed E-state index contributed by atoms with van der Waals surface area (Å²) in [5.74, 6) is -0.309. The number of methoxy groups -OCH3 is 2. The first-order valence-corrected chi connectivity index (χ1v) is 9.81. The molecule has 7 heteroatoms. The van der Waals surface area contributed by atoms with E-state index >= 15 is 0 Å². The van der Waals surface area contributed by atoms with Gasteiger partial charge >= 0.3 is 5.97 Å². The predicted octanol–water partition coefficient (Wildman–Crippen LogP) is 3.56. The Morgan fingerprint density at radius 3 is 2.03 bits per heavy atom. The van der Waals surface area contributed by atoms with Crippen molar-refractivity contribution in [3.8, 4) is 5.75 Å². The first-order chi connectivity index (χ1) is 14.1. The van der Waals surface area contributed by atoms with Crippen molar-refractivity contribution >= 4 is 17.7 Å². The van der Waals surface area contributed by atoms with Gasteiger partial charge in [-0.05, 0) is 64.4 Å². The number of carbonyl (C=O) groups excluding carboxylic acids is 3. The molecule has 1 aromatic carbocycles. The second-order valence-electron chi connectivity index (χ2n) is 7.56. The number of amides is 1. The molecule has 0 N–H and O–H groups in total. The third-order valence-corrected chi connectivity index (χ3v) is 5.48. The van der Waals surface area contributed by atoms with Gasteiger partial charge in [0.2, 0.25) is 0 Å². The van der Waals surface area contributed by atoms with Gasteiger partial charge in [-0.2, -0.15) is 0 Å². The van der Waals surface area contributed by atoms with Gasteiger partial charge in [-0.3, -0.25) is 9.59 Å². The van der Waals surface area contributed by atoms with Crippen molar-refractivity contribution < 1.29 is 23.9 Å². The maximum Gasteiger partial charge on any atom is 0.354 e. The van der Waals surface area contributed by atoms with Crippen LogP contribution in [0.15, 0.2) is 24.3 Å². The van der Waals surface area contributed by atoms with Crippen LogP contribution in [0.2, 0.25) is 0 Å². The van der Waals surface area contributed by atoms with E-state index in [1.807, 2.05) is 13.8 Å². The average molecular weight is 415 g/mol. The Morgan fingerprint density at radius 2 is 1.57 bits per heavy atom. The molecule has 0 aliphatic heterocycles. The molecule has 0 saturated heterocycles. The molecule has 1 unspecified atom stereocenters. The van der Waals surface area contributed by atoms with Gasteiger partial charge in [0.25, 0.3) is 5.91 Å². The summed E-state index contributed by atoms with van der Waals surface area (Å²) in [7, 11) is 4.59. The lowest BCUT2D eigenvalue weighted by molar-refractivity contribution is 0.0565. The number of Topliss-reactive ketones (excluding diaryl/α,β-unsaturated/α-hetero) is 1. The Kier molecular flexibility index (Phi) is 7.08. The molecule has 0 spiro atoms. The lowest BCUT2D eigenvalue weighted by atomic mass is 9.98. The van der Waals surface area contributed by atoms with Crippen LogP contribution in [0.4, 0.5) is 0 Å². The zero-order valence-electron chi connectivity index (χ0n) is 18.9. The van der Waals surface area contributed by atoms with Crippen LogP contribution >= 0.6 is 0 Å². The SMILES string of the molecule is COC(=O)c1c(C)c(C(=O)C(C)N(C(=O)c2ccc(OC)cc2)C(C)C)c(C)n1C. The van der Waals surface area contributed by atoms with Crippen molar-refractivity contribution in [2.24, 2.45) is 7.05 Å². The van der Waals surface area contributed by atoms with E-state index in [1.54, 1.807) is 68.7 Å².